The first-order valence-electron chi connectivity index (χ1n) is 6.93. The average Bonchev–Trinajstić information content (AvgIpc) is 2.65. The number of aromatic nitrogens is 2. The molecule has 1 heterocycles. The van der Waals surface area contributed by atoms with Crippen LogP contribution in [0.1, 0.15) is 50.9 Å². The largest absolute Gasteiger partial charge is 0.349 e. The van der Waals surface area contributed by atoms with Crippen LogP contribution in [0.25, 0.3) is 0 Å². The van der Waals surface area contributed by atoms with Gasteiger partial charge in [-0.2, -0.15) is 5.10 Å². The van der Waals surface area contributed by atoms with Crippen LogP contribution in [0.15, 0.2) is 6.20 Å². The Labute approximate surface area is 115 Å². The molecule has 5 nitrogen and oxygen atoms in total. The highest BCUT2D eigenvalue weighted by Crippen LogP contribution is 2.15. The van der Waals surface area contributed by atoms with Crippen molar-refractivity contribution in [1.82, 2.24) is 20.4 Å². The van der Waals surface area contributed by atoms with Crippen LogP contribution in [0, 0.1) is 6.92 Å². The minimum Gasteiger partial charge on any atom is -0.349 e. The number of aryl methyl sites for hydroxylation is 1. The maximum absolute atomic E-state index is 11.8. The van der Waals surface area contributed by atoms with Crippen LogP contribution >= 0.6 is 0 Å². The fourth-order valence-electron chi connectivity index (χ4n) is 1.97. The SMILES string of the molecule is Cc1c(C(C)NC(=O)CCCNC(C)C)cnn1C. The Balaban J connectivity index is 2.34. The van der Waals surface area contributed by atoms with E-state index >= 15 is 0 Å². The molecule has 0 spiro atoms. The third-order valence-corrected chi connectivity index (χ3v) is 3.25. The van der Waals surface area contributed by atoms with Crippen molar-refractivity contribution < 1.29 is 4.79 Å². The van der Waals surface area contributed by atoms with Crippen molar-refractivity contribution in [3.63, 3.8) is 0 Å². The van der Waals surface area contributed by atoms with E-state index in [2.05, 4.69) is 29.6 Å². The third kappa shape index (κ3) is 5.03. The second kappa shape index (κ2) is 7.28. The van der Waals surface area contributed by atoms with Gasteiger partial charge < -0.3 is 10.6 Å². The molecule has 0 aliphatic heterocycles. The fraction of sp³-hybridized carbons (Fsp3) is 0.714. The summed E-state index contributed by atoms with van der Waals surface area (Å²) in [7, 11) is 1.91. The Bertz CT molecular complexity index is 412. The van der Waals surface area contributed by atoms with Gasteiger partial charge >= 0.3 is 0 Å². The summed E-state index contributed by atoms with van der Waals surface area (Å²) in [4.78, 5) is 11.8. The second-order valence-electron chi connectivity index (χ2n) is 5.31. The van der Waals surface area contributed by atoms with Crippen LogP contribution < -0.4 is 10.6 Å². The second-order valence-corrected chi connectivity index (χ2v) is 5.31. The van der Waals surface area contributed by atoms with Crippen molar-refractivity contribution in [2.75, 3.05) is 6.54 Å². The predicted molar refractivity (Wildman–Crippen MR) is 76.9 cm³/mol. The summed E-state index contributed by atoms with van der Waals surface area (Å²) in [5.41, 5.74) is 2.17. The molecular weight excluding hydrogens is 240 g/mol. The molecule has 1 amide bonds. The van der Waals surface area contributed by atoms with Crippen LogP contribution in [-0.4, -0.2) is 28.3 Å². The van der Waals surface area contributed by atoms with Gasteiger partial charge in [-0.1, -0.05) is 13.8 Å². The molecule has 0 radical (unpaired) electrons. The minimum atomic E-state index is 0.0132. The van der Waals surface area contributed by atoms with E-state index in [0.717, 1.165) is 24.2 Å². The Morgan fingerprint density at radius 3 is 2.63 bits per heavy atom. The van der Waals surface area contributed by atoms with E-state index in [9.17, 15) is 4.79 Å². The normalized spacial score (nSPS) is 12.7. The van der Waals surface area contributed by atoms with Crippen molar-refractivity contribution in [2.24, 2.45) is 7.05 Å². The molecular formula is C14H26N4O. The molecule has 1 aromatic rings. The highest BCUT2D eigenvalue weighted by atomic mass is 16.1. The Morgan fingerprint density at radius 1 is 1.42 bits per heavy atom. The van der Waals surface area contributed by atoms with Crippen LogP contribution in [0.2, 0.25) is 0 Å². The van der Waals surface area contributed by atoms with E-state index in [1.165, 1.54) is 0 Å². The van der Waals surface area contributed by atoms with E-state index in [1.54, 1.807) is 0 Å². The van der Waals surface area contributed by atoms with Gasteiger partial charge in [0.15, 0.2) is 0 Å². The van der Waals surface area contributed by atoms with Crippen molar-refractivity contribution in [1.29, 1.82) is 0 Å². The molecule has 0 fully saturated rings. The molecule has 0 saturated carbocycles. The number of nitrogens with one attached hydrogen (secondary N) is 2. The quantitative estimate of drug-likeness (QED) is 0.738. The number of hydrogen-bond acceptors (Lipinski definition) is 3. The van der Waals surface area contributed by atoms with Crippen molar-refractivity contribution in [3.05, 3.63) is 17.5 Å². The fourth-order valence-corrected chi connectivity index (χ4v) is 1.97. The summed E-state index contributed by atoms with van der Waals surface area (Å²) in [6, 6.07) is 0.485. The van der Waals surface area contributed by atoms with Gasteiger partial charge in [-0.05, 0) is 26.8 Å². The summed E-state index contributed by atoms with van der Waals surface area (Å²) in [5, 5.41) is 10.5. The topological polar surface area (TPSA) is 59.0 Å². The monoisotopic (exact) mass is 266 g/mol. The molecule has 0 aromatic carbocycles. The van der Waals surface area contributed by atoms with E-state index < -0.39 is 0 Å². The van der Waals surface area contributed by atoms with Gasteiger partial charge in [0, 0.05) is 30.8 Å². The maximum atomic E-state index is 11.8. The molecule has 0 aliphatic carbocycles. The Hall–Kier alpha value is -1.36. The van der Waals surface area contributed by atoms with Gasteiger partial charge in [-0.3, -0.25) is 9.48 Å². The highest BCUT2D eigenvalue weighted by Gasteiger charge is 2.14. The molecule has 1 unspecified atom stereocenters. The van der Waals surface area contributed by atoms with Gasteiger partial charge in [-0.25, -0.2) is 0 Å². The van der Waals surface area contributed by atoms with Crippen molar-refractivity contribution in [2.45, 2.75) is 52.6 Å². The Kier molecular flexibility index (Phi) is 6.02. The molecule has 0 saturated heterocycles. The lowest BCUT2D eigenvalue weighted by molar-refractivity contribution is -0.121. The zero-order chi connectivity index (χ0) is 14.4. The predicted octanol–water partition coefficient (Wildman–Crippen LogP) is 1.68. The average molecular weight is 266 g/mol. The summed E-state index contributed by atoms with van der Waals surface area (Å²) >= 11 is 0. The summed E-state index contributed by atoms with van der Waals surface area (Å²) in [5.74, 6) is 0.0984. The number of hydrogen-bond donors (Lipinski definition) is 2. The van der Waals surface area contributed by atoms with Crippen molar-refractivity contribution >= 4 is 5.91 Å². The van der Waals surface area contributed by atoms with E-state index in [4.69, 9.17) is 0 Å². The first-order valence-corrected chi connectivity index (χ1v) is 6.93. The smallest absolute Gasteiger partial charge is 0.220 e. The van der Waals surface area contributed by atoms with Gasteiger partial charge in [0.25, 0.3) is 0 Å². The van der Waals surface area contributed by atoms with Crippen LogP contribution in [-0.2, 0) is 11.8 Å². The zero-order valence-corrected chi connectivity index (χ0v) is 12.7. The van der Waals surface area contributed by atoms with Crippen molar-refractivity contribution in [3.8, 4) is 0 Å². The van der Waals surface area contributed by atoms with Gasteiger partial charge in [0.2, 0.25) is 5.91 Å². The number of nitrogens with zero attached hydrogens (tertiary/aromatic N) is 2. The van der Waals surface area contributed by atoms with E-state index in [1.807, 2.05) is 31.8 Å². The summed E-state index contributed by atoms with van der Waals surface area (Å²) in [6.07, 6.45) is 3.24. The van der Waals surface area contributed by atoms with Gasteiger partial charge in [0.1, 0.15) is 0 Å². The van der Waals surface area contributed by atoms with E-state index in [0.29, 0.717) is 12.5 Å². The van der Waals surface area contributed by atoms with Crippen LogP contribution in [0.3, 0.4) is 0 Å². The number of carbonyl (C=O) groups excluding carboxylic acids is 1. The lowest BCUT2D eigenvalue weighted by Crippen LogP contribution is -2.29. The molecule has 1 aromatic heterocycles. The molecule has 1 rings (SSSR count). The molecule has 108 valence electrons. The Morgan fingerprint density at radius 2 is 2.11 bits per heavy atom. The first-order chi connectivity index (χ1) is 8.91. The number of amides is 1. The lowest BCUT2D eigenvalue weighted by atomic mass is 10.1. The first kappa shape index (κ1) is 15.7. The molecule has 0 aliphatic rings. The summed E-state index contributed by atoms with van der Waals surface area (Å²) in [6.45, 7) is 9.10. The standard InChI is InChI=1S/C14H26N4O/c1-10(2)15-8-6-7-14(19)17-11(3)13-9-16-18(5)12(13)4/h9-11,15H,6-8H2,1-5H3,(H,17,19). The zero-order valence-electron chi connectivity index (χ0n) is 12.7. The highest BCUT2D eigenvalue weighted by molar-refractivity contribution is 5.76. The molecule has 19 heavy (non-hydrogen) atoms. The summed E-state index contributed by atoms with van der Waals surface area (Å²) < 4.78 is 1.82. The maximum Gasteiger partial charge on any atom is 0.220 e. The lowest BCUT2D eigenvalue weighted by Gasteiger charge is -2.14. The van der Waals surface area contributed by atoms with Crippen LogP contribution in [0.4, 0.5) is 0 Å². The number of carbonyl (C=O) groups is 1. The van der Waals surface area contributed by atoms with Gasteiger partial charge in [-0.15, -0.1) is 0 Å². The number of rotatable bonds is 7. The molecule has 0 bridgehead atoms. The molecule has 2 N–H and O–H groups in total. The molecule has 1 atom stereocenters. The van der Waals surface area contributed by atoms with Crippen LogP contribution in [0.5, 0.6) is 0 Å². The third-order valence-electron chi connectivity index (χ3n) is 3.25. The minimum absolute atomic E-state index is 0.0132. The molecule has 5 heteroatoms. The van der Waals surface area contributed by atoms with E-state index in [-0.39, 0.29) is 11.9 Å². The van der Waals surface area contributed by atoms with Gasteiger partial charge in [0.05, 0.1) is 12.2 Å².